The molecule has 1 aromatic carbocycles. The van der Waals surface area contributed by atoms with Gasteiger partial charge >= 0.3 is 0 Å². The number of hydrogen-bond donors (Lipinski definition) is 2. The number of carbonyl (C=O) groups excluding carboxylic acids is 2. The quantitative estimate of drug-likeness (QED) is 0.593. The molecule has 0 saturated heterocycles. The fraction of sp³-hybridized carbons (Fsp3) is 0.167. The van der Waals surface area contributed by atoms with Crippen LogP contribution in [0.25, 0.3) is 0 Å². The Labute approximate surface area is 94.3 Å². The van der Waals surface area contributed by atoms with Gasteiger partial charge in [-0.15, -0.1) is 0 Å². The van der Waals surface area contributed by atoms with Gasteiger partial charge in [-0.25, -0.2) is 0 Å². The normalized spacial score (nSPS) is 10.8. The molecule has 0 aliphatic carbocycles. The third-order valence-electron chi connectivity index (χ3n) is 1.83. The van der Waals surface area contributed by atoms with E-state index in [1.165, 1.54) is 13.0 Å². The summed E-state index contributed by atoms with van der Waals surface area (Å²) in [4.78, 5) is 22.3. The maximum absolute atomic E-state index is 11.5. The zero-order chi connectivity index (χ0) is 12.0. The molecule has 0 unspecified atom stereocenters. The highest BCUT2D eigenvalue weighted by Crippen LogP contribution is 1.97. The summed E-state index contributed by atoms with van der Waals surface area (Å²) in [7, 11) is 0. The summed E-state index contributed by atoms with van der Waals surface area (Å²) in [6.45, 7) is 3.15. The summed E-state index contributed by atoms with van der Waals surface area (Å²) < 4.78 is 0. The van der Waals surface area contributed by atoms with E-state index in [0.717, 1.165) is 0 Å². The molecule has 0 spiro atoms. The second-order valence-electron chi connectivity index (χ2n) is 3.38. The third-order valence-corrected chi connectivity index (χ3v) is 1.83. The highest BCUT2D eigenvalue weighted by Gasteiger charge is 2.02. The van der Waals surface area contributed by atoms with Crippen LogP contribution in [0.5, 0.6) is 0 Å². The smallest absolute Gasteiger partial charge is 0.269 e. The van der Waals surface area contributed by atoms with Gasteiger partial charge in [-0.2, -0.15) is 0 Å². The van der Waals surface area contributed by atoms with Crippen molar-refractivity contribution in [1.82, 2.24) is 10.9 Å². The molecule has 0 aliphatic heterocycles. The van der Waals surface area contributed by atoms with E-state index in [-0.39, 0.29) is 11.7 Å². The van der Waals surface area contributed by atoms with Gasteiger partial charge in [0.2, 0.25) is 0 Å². The summed E-state index contributed by atoms with van der Waals surface area (Å²) in [5.74, 6) is -0.309. The second kappa shape index (κ2) is 5.70. The van der Waals surface area contributed by atoms with Crippen LogP contribution >= 0.6 is 0 Å². The third kappa shape index (κ3) is 3.96. The molecule has 0 saturated carbocycles. The predicted octanol–water partition coefficient (Wildman–Crippen LogP) is 1.41. The standard InChI is InChI=1S/C12H14N2O2/c1-9(8-10(2)15)13-14-12(16)11-6-4-3-5-7-11/h3-8,13H,1-2H3,(H,14,16)/b9-8+. The highest BCUT2D eigenvalue weighted by molar-refractivity contribution is 5.94. The molecule has 0 radical (unpaired) electrons. The van der Waals surface area contributed by atoms with Gasteiger partial charge in [-0.05, 0) is 26.0 Å². The van der Waals surface area contributed by atoms with Crippen molar-refractivity contribution in [2.45, 2.75) is 13.8 Å². The van der Waals surface area contributed by atoms with Gasteiger partial charge < -0.3 is 5.43 Å². The van der Waals surface area contributed by atoms with Crippen molar-refractivity contribution >= 4 is 11.7 Å². The SMILES string of the molecule is CC(=O)/C=C(\C)NNC(=O)c1ccccc1. The lowest BCUT2D eigenvalue weighted by Crippen LogP contribution is -2.36. The monoisotopic (exact) mass is 218 g/mol. The largest absolute Gasteiger partial charge is 0.303 e. The first-order chi connectivity index (χ1) is 7.59. The molecule has 1 aromatic rings. The van der Waals surface area contributed by atoms with Gasteiger partial charge in [0, 0.05) is 17.3 Å². The van der Waals surface area contributed by atoms with Crippen molar-refractivity contribution in [3.8, 4) is 0 Å². The second-order valence-corrected chi connectivity index (χ2v) is 3.38. The molecule has 84 valence electrons. The zero-order valence-corrected chi connectivity index (χ0v) is 9.28. The predicted molar refractivity (Wildman–Crippen MR) is 61.5 cm³/mol. The van der Waals surface area contributed by atoms with Crippen molar-refractivity contribution in [2.75, 3.05) is 0 Å². The molecule has 1 rings (SSSR count). The number of amides is 1. The van der Waals surface area contributed by atoms with Gasteiger partial charge in [0.25, 0.3) is 5.91 Å². The van der Waals surface area contributed by atoms with E-state index in [9.17, 15) is 9.59 Å². The minimum Gasteiger partial charge on any atom is -0.303 e. The number of benzene rings is 1. The first-order valence-corrected chi connectivity index (χ1v) is 4.90. The van der Waals surface area contributed by atoms with Crippen LogP contribution in [-0.2, 0) is 4.79 Å². The van der Waals surface area contributed by atoms with Gasteiger partial charge in [-0.1, -0.05) is 18.2 Å². The number of hydrazine groups is 1. The summed E-state index contributed by atoms with van der Waals surface area (Å²) in [5, 5.41) is 0. The van der Waals surface area contributed by atoms with Crippen LogP contribution in [0.3, 0.4) is 0 Å². The van der Waals surface area contributed by atoms with Crippen LogP contribution in [0.2, 0.25) is 0 Å². The molecular formula is C12H14N2O2. The van der Waals surface area contributed by atoms with E-state index in [2.05, 4.69) is 10.9 Å². The molecule has 0 bridgehead atoms. The van der Waals surface area contributed by atoms with Crippen LogP contribution in [0.15, 0.2) is 42.1 Å². The topological polar surface area (TPSA) is 58.2 Å². The average molecular weight is 218 g/mol. The van der Waals surface area contributed by atoms with Crippen molar-refractivity contribution in [2.24, 2.45) is 0 Å². The van der Waals surface area contributed by atoms with Crippen LogP contribution in [0.1, 0.15) is 24.2 Å². The van der Waals surface area contributed by atoms with Crippen molar-refractivity contribution in [3.05, 3.63) is 47.7 Å². The number of ketones is 1. The van der Waals surface area contributed by atoms with Crippen LogP contribution < -0.4 is 10.9 Å². The Bertz CT molecular complexity index is 410. The number of hydrogen-bond acceptors (Lipinski definition) is 3. The van der Waals surface area contributed by atoms with E-state index < -0.39 is 0 Å². The lowest BCUT2D eigenvalue weighted by Gasteiger charge is -2.07. The number of carbonyl (C=O) groups is 2. The van der Waals surface area contributed by atoms with Crippen molar-refractivity contribution < 1.29 is 9.59 Å². The van der Waals surface area contributed by atoms with Gasteiger partial charge in [-0.3, -0.25) is 15.0 Å². The first-order valence-electron chi connectivity index (χ1n) is 4.90. The minimum absolute atomic E-state index is 0.0704. The molecule has 0 aromatic heterocycles. The zero-order valence-electron chi connectivity index (χ0n) is 9.28. The van der Waals surface area contributed by atoms with Gasteiger partial charge in [0.15, 0.2) is 5.78 Å². The Morgan fingerprint density at radius 3 is 2.25 bits per heavy atom. The minimum atomic E-state index is -0.239. The Balaban J connectivity index is 2.51. The fourth-order valence-corrected chi connectivity index (χ4v) is 1.16. The van der Waals surface area contributed by atoms with E-state index >= 15 is 0 Å². The van der Waals surface area contributed by atoms with Gasteiger partial charge in [0.05, 0.1) is 0 Å². The average Bonchev–Trinajstić information content (AvgIpc) is 2.26. The Morgan fingerprint density at radius 1 is 1.06 bits per heavy atom. The fourth-order valence-electron chi connectivity index (χ4n) is 1.16. The van der Waals surface area contributed by atoms with Crippen molar-refractivity contribution in [1.29, 1.82) is 0 Å². The summed E-state index contributed by atoms with van der Waals surface area (Å²) in [5.41, 5.74) is 6.30. The maximum atomic E-state index is 11.5. The Kier molecular flexibility index (Phi) is 4.27. The lowest BCUT2D eigenvalue weighted by atomic mass is 10.2. The van der Waals surface area contributed by atoms with E-state index in [1.54, 1.807) is 31.2 Å². The molecule has 16 heavy (non-hydrogen) atoms. The lowest BCUT2D eigenvalue weighted by molar-refractivity contribution is -0.112. The summed E-state index contributed by atoms with van der Waals surface area (Å²) in [6.07, 6.45) is 1.41. The molecule has 4 heteroatoms. The number of allylic oxidation sites excluding steroid dienone is 2. The molecule has 0 aliphatic rings. The van der Waals surface area contributed by atoms with Crippen LogP contribution in [0, 0.1) is 0 Å². The molecular weight excluding hydrogens is 204 g/mol. The van der Waals surface area contributed by atoms with Gasteiger partial charge in [0.1, 0.15) is 0 Å². The molecule has 0 fully saturated rings. The van der Waals surface area contributed by atoms with Crippen LogP contribution in [-0.4, -0.2) is 11.7 Å². The van der Waals surface area contributed by atoms with E-state index in [0.29, 0.717) is 11.3 Å². The molecule has 1 amide bonds. The number of rotatable bonds is 4. The molecule has 4 nitrogen and oxygen atoms in total. The van der Waals surface area contributed by atoms with Crippen molar-refractivity contribution in [3.63, 3.8) is 0 Å². The maximum Gasteiger partial charge on any atom is 0.269 e. The van der Waals surface area contributed by atoms with E-state index in [4.69, 9.17) is 0 Å². The van der Waals surface area contributed by atoms with E-state index in [1.807, 2.05) is 6.07 Å². The summed E-state index contributed by atoms with van der Waals surface area (Å²) in [6, 6.07) is 8.83. The first kappa shape index (κ1) is 12.0. The van der Waals surface area contributed by atoms with Crippen LogP contribution in [0.4, 0.5) is 0 Å². The Morgan fingerprint density at radius 2 is 1.69 bits per heavy atom. The Hall–Kier alpha value is -2.10. The molecule has 2 N–H and O–H groups in total. The molecule has 0 atom stereocenters. The highest BCUT2D eigenvalue weighted by atomic mass is 16.2. The number of nitrogens with one attached hydrogen (secondary N) is 2. The summed E-state index contributed by atoms with van der Waals surface area (Å²) >= 11 is 0. The molecule has 0 heterocycles.